The molecule has 0 unspecified atom stereocenters. The smallest absolute Gasteiger partial charge is 0.324 e. The highest BCUT2D eigenvalue weighted by Crippen LogP contribution is 2.23. The van der Waals surface area contributed by atoms with Gasteiger partial charge < -0.3 is 10.6 Å². The van der Waals surface area contributed by atoms with Crippen molar-refractivity contribution < 1.29 is 9.72 Å². The molecule has 16 heavy (non-hydrogen) atoms. The number of thiophene rings is 1. The summed E-state index contributed by atoms with van der Waals surface area (Å²) in [6.07, 6.45) is 0.902. The Morgan fingerprint density at radius 3 is 3.00 bits per heavy atom. The van der Waals surface area contributed by atoms with E-state index < -0.39 is 4.92 Å². The summed E-state index contributed by atoms with van der Waals surface area (Å²) in [6, 6.07) is 2.97. The molecular weight excluding hydrogens is 230 g/mol. The maximum atomic E-state index is 11.7. The third kappa shape index (κ3) is 2.37. The predicted molar refractivity (Wildman–Crippen MR) is 59.7 cm³/mol. The molecule has 0 saturated carbocycles. The molecule has 0 aromatic carbocycles. The van der Waals surface area contributed by atoms with Gasteiger partial charge in [-0.15, -0.1) is 0 Å². The van der Waals surface area contributed by atoms with Gasteiger partial charge in [0.2, 0.25) is 0 Å². The Bertz CT molecular complexity index is 412. The van der Waals surface area contributed by atoms with Gasteiger partial charge in [-0.1, -0.05) is 11.3 Å². The standard InChI is InChI=1S/C9H11N3O3S/c13-9(11-6-3-4-10-5-6)7-1-2-8(16-7)12(14)15/h1-2,6,10H,3-5H2,(H,11,13)/t6-/m1/s1. The number of nitrogens with zero attached hydrogens (tertiary/aromatic N) is 1. The van der Waals surface area contributed by atoms with Gasteiger partial charge in [-0.05, 0) is 19.0 Å². The average Bonchev–Trinajstić information content (AvgIpc) is 2.86. The van der Waals surface area contributed by atoms with Gasteiger partial charge in [0.1, 0.15) is 0 Å². The quantitative estimate of drug-likeness (QED) is 0.604. The molecule has 0 spiro atoms. The van der Waals surface area contributed by atoms with E-state index in [1.807, 2.05) is 0 Å². The third-order valence-corrected chi connectivity index (χ3v) is 3.43. The number of carbonyl (C=O) groups excluding carboxylic acids is 1. The summed E-state index contributed by atoms with van der Waals surface area (Å²) in [5.74, 6) is -0.230. The predicted octanol–water partition coefficient (Wildman–Crippen LogP) is 0.748. The Hall–Kier alpha value is -1.47. The minimum absolute atomic E-state index is 0.00491. The van der Waals surface area contributed by atoms with E-state index in [-0.39, 0.29) is 17.0 Å². The molecule has 7 heteroatoms. The number of rotatable bonds is 3. The van der Waals surface area contributed by atoms with Crippen molar-refractivity contribution in [3.8, 4) is 0 Å². The molecule has 0 aliphatic carbocycles. The highest BCUT2D eigenvalue weighted by Gasteiger charge is 2.20. The molecule has 1 saturated heterocycles. The van der Waals surface area contributed by atoms with E-state index in [1.165, 1.54) is 12.1 Å². The number of hydrogen-bond donors (Lipinski definition) is 2. The van der Waals surface area contributed by atoms with Crippen molar-refractivity contribution in [2.75, 3.05) is 13.1 Å². The zero-order valence-electron chi connectivity index (χ0n) is 8.43. The number of hydrogen-bond acceptors (Lipinski definition) is 5. The molecular formula is C9H11N3O3S. The summed E-state index contributed by atoms with van der Waals surface area (Å²) < 4.78 is 0. The third-order valence-electron chi connectivity index (χ3n) is 2.39. The van der Waals surface area contributed by atoms with Gasteiger partial charge in [0.25, 0.3) is 5.91 Å². The zero-order chi connectivity index (χ0) is 11.5. The van der Waals surface area contributed by atoms with Gasteiger partial charge >= 0.3 is 5.00 Å². The molecule has 6 nitrogen and oxygen atoms in total. The van der Waals surface area contributed by atoms with Crippen molar-refractivity contribution in [3.05, 3.63) is 27.1 Å². The Balaban J connectivity index is 1.99. The molecule has 1 aromatic heterocycles. The first-order valence-electron chi connectivity index (χ1n) is 4.92. The van der Waals surface area contributed by atoms with Gasteiger partial charge in [-0.3, -0.25) is 14.9 Å². The van der Waals surface area contributed by atoms with E-state index >= 15 is 0 Å². The van der Waals surface area contributed by atoms with Crippen molar-refractivity contribution in [1.29, 1.82) is 0 Å². The Labute approximate surface area is 95.8 Å². The van der Waals surface area contributed by atoms with E-state index in [4.69, 9.17) is 0 Å². The molecule has 2 rings (SSSR count). The van der Waals surface area contributed by atoms with Gasteiger partial charge in [0, 0.05) is 18.7 Å². The van der Waals surface area contributed by atoms with Crippen molar-refractivity contribution in [3.63, 3.8) is 0 Å². The number of amides is 1. The summed E-state index contributed by atoms with van der Waals surface area (Å²) in [7, 11) is 0. The zero-order valence-corrected chi connectivity index (χ0v) is 9.25. The van der Waals surface area contributed by atoms with E-state index in [9.17, 15) is 14.9 Å². The largest absolute Gasteiger partial charge is 0.347 e. The lowest BCUT2D eigenvalue weighted by Gasteiger charge is -2.09. The number of carbonyl (C=O) groups is 1. The normalized spacial score (nSPS) is 19.6. The fourth-order valence-corrected chi connectivity index (χ4v) is 2.31. The molecule has 1 amide bonds. The van der Waals surface area contributed by atoms with Gasteiger partial charge in [-0.2, -0.15) is 0 Å². The second-order valence-corrected chi connectivity index (χ2v) is 4.62. The Morgan fingerprint density at radius 1 is 1.62 bits per heavy atom. The average molecular weight is 241 g/mol. The molecule has 1 atom stereocenters. The van der Waals surface area contributed by atoms with E-state index in [2.05, 4.69) is 10.6 Å². The van der Waals surface area contributed by atoms with Crippen LogP contribution in [-0.4, -0.2) is 30.0 Å². The van der Waals surface area contributed by atoms with Crippen molar-refractivity contribution in [2.45, 2.75) is 12.5 Å². The first kappa shape index (κ1) is 11.0. The van der Waals surface area contributed by atoms with Crippen molar-refractivity contribution in [2.24, 2.45) is 0 Å². The number of nitrogens with one attached hydrogen (secondary N) is 2. The molecule has 2 N–H and O–H groups in total. The van der Waals surface area contributed by atoms with Crippen LogP contribution in [0.3, 0.4) is 0 Å². The summed E-state index contributed by atoms with van der Waals surface area (Å²) in [4.78, 5) is 22.0. The molecule has 1 fully saturated rings. The fourth-order valence-electron chi connectivity index (χ4n) is 1.58. The molecule has 0 bridgehead atoms. The van der Waals surface area contributed by atoms with Crippen molar-refractivity contribution >= 4 is 22.2 Å². The summed E-state index contributed by atoms with van der Waals surface area (Å²) in [6.45, 7) is 1.66. The number of nitro groups is 1. The van der Waals surface area contributed by atoms with Crippen LogP contribution >= 0.6 is 11.3 Å². The maximum absolute atomic E-state index is 11.7. The van der Waals surface area contributed by atoms with Crippen LogP contribution in [0.2, 0.25) is 0 Å². The summed E-state index contributed by atoms with van der Waals surface area (Å²) >= 11 is 0.901. The summed E-state index contributed by atoms with van der Waals surface area (Å²) in [5.41, 5.74) is 0. The maximum Gasteiger partial charge on any atom is 0.324 e. The van der Waals surface area contributed by atoms with Crippen LogP contribution in [0.1, 0.15) is 16.1 Å². The SMILES string of the molecule is O=C(N[C@@H]1CCNC1)c1ccc([N+](=O)[O-])s1. The van der Waals surface area contributed by atoms with E-state index in [0.717, 1.165) is 30.8 Å². The molecule has 1 aromatic rings. The van der Waals surface area contributed by atoms with Gasteiger partial charge in [0.05, 0.1) is 9.80 Å². The van der Waals surface area contributed by atoms with Crippen LogP contribution < -0.4 is 10.6 Å². The second-order valence-electron chi connectivity index (χ2n) is 3.56. The van der Waals surface area contributed by atoms with E-state index in [0.29, 0.717) is 4.88 Å². The lowest BCUT2D eigenvalue weighted by atomic mass is 10.2. The lowest BCUT2D eigenvalue weighted by Crippen LogP contribution is -2.35. The molecule has 0 radical (unpaired) electrons. The van der Waals surface area contributed by atoms with Crippen molar-refractivity contribution in [1.82, 2.24) is 10.6 Å². The lowest BCUT2D eigenvalue weighted by molar-refractivity contribution is -0.380. The molecule has 1 aliphatic heterocycles. The van der Waals surface area contributed by atoms with Crippen LogP contribution in [0.4, 0.5) is 5.00 Å². The van der Waals surface area contributed by atoms with Crippen LogP contribution in [-0.2, 0) is 0 Å². The first-order chi connectivity index (χ1) is 7.66. The summed E-state index contributed by atoms with van der Waals surface area (Å²) in [5, 5.41) is 16.4. The molecule has 1 aliphatic rings. The van der Waals surface area contributed by atoms with E-state index in [1.54, 1.807) is 0 Å². The first-order valence-corrected chi connectivity index (χ1v) is 5.74. The minimum atomic E-state index is -0.488. The second kappa shape index (κ2) is 4.58. The topological polar surface area (TPSA) is 84.3 Å². The highest BCUT2D eigenvalue weighted by molar-refractivity contribution is 7.17. The molecule has 2 heterocycles. The Morgan fingerprint density at radius 2 is 2.44 bits per heavy atom. The van der Waals surface area contributed by atoms with Gasteiger partial charge in [0.15, 0.2) is 0 Å². The van der Waals surface area contributed by atoms with Crippen LogP contribution in [0.5, 0.6) is 0 Å². The Kier molecular flexibility index (Phi) is 3.16. The van der Waals surface area contributed by atoms with Crippen LogP contribution in [0.25, 0.3) is 0 Å². The fraction of sp³-hybridized carbons (Fsp3) is 0.444. The monoisotopic (exact) mass is 241 g/mol. The van der Waals surface area contributed by atoms with Crippen LogP contribution in [0.15, 0.2) is 12.1 Å². The molecule has 86 valence electrons. The highest BCUT2D eigenvalue weighted by atomic mass is 32.1. The van der Waals surface area contributed by atoms with Crippen LogP contribution in [0, 0.1) is 10.1 Å². The minimum Gasteiger partial charge on any atom is -0.347 e. The van der Waals surface area contributed by atoms with Gasteiger partial charge in [-0.25, -0.2) is 0 Å².